The van der Waals surface area contributed by atoms with Gasteiger partial charge in [-0.3, -0.25) is 0 Å². The summed E-state index contributed by atoms with van der Waals surface area (Å²) in [6.45, 7) is 4.94. The molecule has 0 saturated heterocycles. The molecule has 0 radical (unpaired) electrons. The van der Waals surface area contributed by atoms with Crippen molar-refractivity contribution >= 4 is 5.82 Å². The zero-order valence-electron chi connectivity index (χ0n) is 11.0. The Morgan fingerprint density at radius 3 is 2.47 bits per heavy atom. The molecule has 0 fully saturated rings. The van der Waals surface area contributed by atoms with Gasteiger partial charge in [-0.15, -0.1) is 0 Å². The van der Waals surface area contributed by atoms with Crippen molar-refractivity contribution in [3.63, 3.8) is 0 Å². The molecule has 0 bridgehead atoms. The minimum absolute atomic E-state index is 0.119. The number of aromatic nitrogens is 1. The van der Waals surface area contributed by atoms with E-state index in [1.165, 1.54) is 6.07 Å². The Kier molecular flexibility index (Phi) is 5.16. The van der Waals surface area contributed by atoms with Crippen molar-refractivity contribution in [1.82, 2.24) is 4.98 Å². The van der Waals surface area contributed by atoms with E-state index in [9.17, 15) is 13.2 Å². The van der Waals surface area contributed by atoms with E-state index in [0.717, 1.165) is 18.9 Å². The van der Waals surface area contributed by atoms with Crippen LogP contribution < -0.4 is 4.90 Å². The van der Waals surface area contributed by atoms with Crippen LogP contribution in [0.25, 0.3) is 0 Å². The van der Waals surface area contributed by atoms with Crippen LogP contribution in [0.5, 0.6) is 0 Å². The molecular formula is C13H16F3N3. The first-order valence-corrected chi connectivity index (χ1v) is 6.17. The number of alkyl halides is 3. The lowest BCUT2D eigenvalue weighted by Crippen LogP contribution is -2.26. The van der Waals surface area contributed by atoms with E-state index in [0.29, 0.717) is 13.1 Å². The van der Waals surface area contributed by atoms with Crippen molar-refractivity contribution in [1.29, 1.82) is 5.26 Å². The summed E-state index contributed by atoms with van der Waals surface area (Å²) in [6, 6.07) is 3.92. The fourth-order valence-corrected chi connectivity index (χ4v) is 1.70. The molecule has 1 aromatic rings. The van der Waals surface area contributed by atoms with Gasteiger partial charge in [0.05, 0.1) is 5.56 Å². The third-order valence-corrected chi connectivity index (χ3v) is 2.75. The second kappa shape index (κ2) is 6.41. The number of nitriles is 1. The molecular weight excluding hydrogens is 255 g/mol. The maximum Gasteiger partial charge on any atom is 0.433 e. The average Bonchev–Trinajstić information content (AvgIpc) is 2.38. The highest BCUT2D eigenvalue weighted by Crippen LogP contribution is 2.30. The van der Waals surface area contributed by atoms with Crippen molar-refractivity contribution in [2.45, 2.75) is 32.9 Å². The van der Waals surface area contributed by atoms with Gasteiger partial charge < -0.3 is 4.90 Å². The Bertz CT molecular complexity index is 463. The Morgan fingerprint density at radius 2 is 2.00 bits per heavy atom. The Morgan fingerprint density at radius 1 is 1.32 bits per heavy atom. The minimum atomic E-state index is -4.49. The molecule has 19 heavy (non-hydrogen) atoms. The van der Waals surface area contributed by atoms with E-state index in [-0.39, 0.29) is 11.4 Å². The lowest BCUT2D eigenvalue weighted by atomic mass is 10.2. The number of pyridine rings is 1. The quantitative estimate of drug-likeness (QED) is 0.821. The maximum absolute atomic E-state index is 12.7. The molecule has 0 aliphatic carbocycles. The van der Waals surface area contributed by atoms with Gasteiger partial charge in [-0.05, 0) is 25.5 Å². The van der Waals surface area contributed by atoms with Gasteiger partial charge in [0.1, 0.15) is 17.6 Å². The van der Waals surface area contributed by atoms with E-state index >= 15 is 0 Å². The molecule has 1 heterocycles. The molecule has 0 spiro atoms. The van der Waals surface area contributed by atoms with Crippen LogP contribution in [-0.4, -0.2) is 18.1 Å². The van der Waals surface area contributed by atoms with Crippen LogP contribution in [-0.2, 0) is 6.18 Å². The standard InChI is InChI=1S/C13H16F3N3/c1-3-5-8-19(4-2)12-10(9-17)6-7-11(18-12)13(14,15)16/h6-7H,3-5,8H2,1-2H3. The largest absolute Gasteiger partial charge is 0.433 e. The molecule has 0 amide bonds. The molecule has 0 aliphatic rings. The minimum Gasteiger partial charge on any atom is -0.356 e. The van der Waals surface area contributed by atoms with Gasteiger partial charge in [-0.2, -0.15) is 18.4 Å². The highest BCUT2D eigenvalue weighted by molar-refractivity contribution is 5.54. The summed E-state index contributed by atoms with van der Waals surface area (Å²) in [5.74, 6) is 0.119. The molecule has 1 rings (SSSR count). The normalized spacial score (nSPS) is 11.2. The molecule has 1 aromatic heterocycles. The van der Waals surface area contributed by atoms with Crippen LogP contribution in [0.4, 0.5) is 19.0 Å². The number of anilines is 1. The second-order valence-corrected chi connectivity index (χ2v) is 4.11. The molecule has 0 aliphatic heterocycles. The highest BCUT2D eigenvalue weighted by atomic mass is 19.4. The summed E-state index contributed by atoms with van der Waals surface area (Å²) in [4.78, 5) is 5.32. The van der Waals surface area contributed by atoms with Crippen LogP contribution >= 0.6 is 0 Å². The summed E-state index contributed by atoms with van der Waals surface area (Å²) < 4.78 is 38.0. The Balaban J connectivity index is 3.18. The number of hydrogen-bond donors (Lipinski definition) is 0. The fraction of sp³-hybridized carbons (Fsp3) is 0.538. The molecule has 0 aromatic carbocycles. The molecule has 0 N–H and O–H groups in total. The van der Waals surface area contributed by atoms with E-state index in [4.69, 9.17) is 5.26 Å². The first-order valence-electron chi connectivity index (χ1n) is 6.17. The van der Waals surface area contributed by atoms with Crippen molar-refractivity contribution < 1.29 is 13.2 Å². The highest BCUT2D eigenvalue weighted by Gasteiger charge is 2.33. The van der Waals surface area contributed by atoms with Crippen LogP contribution in [0, 0.1) is 11.3 Å². The summed E-state index contributed by atoms with van der Waals surface area (Å²) in [5.41, 5.74) is -0.789. The lowest BCUT2D eigenvalue weighted by Gasteiger charge is -2.23. The van der Waals surface area contributed by atoms with E-state index in [1.54, 1.807) is 4.90 Å². The summed E-state index contributed by atoms with van der Waals surface area (Å²) in [5, 5.41) is 8.98. The molecule has 3 nitrogen and oxygen atoms in total. The zero-order valence-corrected chi connectivity index (χ0v) is 11.0. The van der Waals surface area contributed by atoms with Crippen molar-refractivity contribution in [2.75, 3.05) is 18.0 Å². The van der Waals surface area contributed by atoms with Gasteiger partial charge >= 0.3 is 6.18 Å². The van der Waals surface area contributed by atoms with Crippen molar-refractivity contribution in [3.8, 4) is 6.07 Å². The first-order chi connectivity index (χ1) is 8.93. The van der Waals surface area contributed by atoms with Crippen LogP contribution in [0.15, 0.2) is 12.1 Å². The third-order valence-electron chi connectivity index (χ3n) is 2.75. The first kappa shape index (κ1) is 15.3. The topological polar surface area (TPSA) is 39.9 Å². The number of halogens is 3. The SMILES string of the molecule is CCCCN(CC)c1nc(C(F)(F)F)ccc1C#N. The van der Waals surface area contributed by atoms with Gasteiger partial charge in [0, 0.05) is 13.1 Å². The van der Waals surface area contributed by atoms with Gasteiger partial charge in [-0.25, -0.2) is 4.98 Å². The number of hydrogen-bond acceptors (Lipinski definition) is 3. The average molecular weight is 271 g/mol. The fourth-order valence-electron chi connectivity index (χ4n) is 1.70. The monoisotopic (exact) mass is 271 g/mol. The van der Waals surface area contributed by atoms with Gasteiger partial charge in [0.2, 0.25) is 0 Å². The molecule has 0 saturated carbocycles. The summed E-state index contributed by atoms with van der Waals surface area (Å²) in [7, 11) is 0. The van der Waals surface area contributed by atoms with Crippen LogP contribution in [0.1, 0.15) is 37.9 Å². The maximum atomic E-state index is 12.7. The number of unbranched alkanes of at least 4 members (excludes halogenated alkanes) is 1. The van der Waals surface area contributed by atoms with Crippen LogP contribution in [0.3, 0.4) is 0 Å². The van der Waals surface area contributed by atoms with Gasteiger partial charge in [0.15, 0.2) is 0 Å². The Hall–Kier alpha value is -1.77. The smallest absolute Gasteiger partial charge is 0.356 e. The van der Waals surface area contributed by atoms with Gasteiger partial charge in [0.25, 0.3) is 0 Å². The third kappa shape index (κ3) is 3.85. The predicted octanol–water partition coefficient (Wildman–Crippen LogP) is 3.60. The van der Waals surface area contributed by atoms with E-state index in [1.807, 2.05) is 19.9 Å². The Labute approximate surface area is 110 Å². The summed E-state index contributed by atoms with van der Waals surface area (Å²) in [6.07, 6.45) is -2.72. The van der Waals surface area contributed by atoms with E-state index in [2.05, 4.69) is 4.98 Å². The molecule has 0 atom stereocenters. The van der Waals surface area contributed by atoms with Crippen molar-refractivity contribution in [3.05, 3.63) is 23.4 Å². The van der Waals surface area contributed by atoms with Gasteiger partial charge in [-0.1, -0.05) is 13.3 Å². The van der Waals surface area contributed by atoms with Crippen molar-refractivity contribution in [2.24, 2.45) is 0 Å². The molecule has 6 heteroatoms. The molecule has 0 unspecified atom stereocenters. The number of nitrogens with zero attached hydrogens (tertiary/aromatic N) is 3. The van der Waals surface area contributed by atoms with Crippen LogP contribution in [0.2, 0.25) is 0 Å². The van der Waals surface area contributed by atoms with E-state index < -0.39 is 11.9 Å². The number of rotatable bonds is 5. The summed E-state index contributed by atoms with van der Waals surface area (Å²) >= 11 is 0. The molecule has 104 valence electrons. The predicted molar refractivity (Wildman–Crippen MR) is 66.7 cm³/mol. The lowest BCUT2D eigenvalue weighted by molar-refractivity contribution is -0.141. The zero-order chi connectivity index (χ0) is 14.5. The second-order valence-electron chi connectivity index (χ2n) is 4.11.